The smallest absolute Gasteiger partial charge is 0.335 e. The van der Waals surface area contributed by atoms with Gasteiger partial charge in [-0.25, -0.2) is 4.79 Å². The SMILES string of the molecule is O=C(O)c1ccc(-c2cnns2)cc1. The highest BCUT2D eigenvalue weighted by Crippen LogP contribution is 2.21. The lowest BCUT2D eigenvalue weighted by Gasteiger charge is -1.96. The number of nitrogens with zero attached hydrogens (tertiary/aromatic N) is 2. The summed E-state index contributed by atoms with van der Waals surface area (Å²) in [6.45, 7) is 0. The first-order valence-corrected chi connectivity index (χ1v) is 4.66. The van der Waals surface area contributed by atoms with E-state index in [1.807, 2.05) is 0 Å². The van der Waals surface area contributed by atoms with Crippen molar-refractivity contribution in [3.63, 3.8) is 0 Å². The first kappa shape index (κ1) is 8.83. The fourth-order valence-electron chi connectivity index (χ4n) is 1.07. The van der Waals surface area contributed by atoms with Gasteiger partial charge in [-0.3, -0.25) is 0 Å². The molecule has 0 aliphatic rings. The average molecular weight is 206 g/mol. The number of carbonyl (C=O) groups is 1. The van der Waals surface area contributed by atoms with E-state index in [1.54, 1.807) is 30.5 Å². The summed E-state index contributed by atoms with van der Waals surface area (Å²) in [5.41, 5.74) is 1.22. The summed E-state index contributed by atoms with van der Waals surface area (Å²) in [7, 11) is 0. The number of benzene rings is 1. The van der Waals surface area contributed by atoms with Gasteiger partial charge in [0.15, 0.2) is 0 Å². The molecule has 1 aromatic carbocycles. The molecular formula is C9H6N2O2S. The van der Waals surface area contributed by atoms with E-state index in [9.17, 15) is 4.79 Å². The zero-order chi connectivity index (χ0) is 9.97. The molecule has 0 radical (unpaired) electrons. The molecule has 4 nitrogen and oxygen atoms in total. The first-order valence-electron chi connectivity index (χ1n) is 3.88. The lowest BCUT2D eigenvalue weighted by molar-refractivity contribution is 0.0697. The highest BCUT2D eigenvalue weighted by Gasteiger charge is 2.03. The second-order valence-electron chi connectivity index (χ2n) is 2.66. The number of carboxylic acids is 1. The Morgan fingerprint density at radius 3 is 2.50 bits per heavy atom. The van der Waals surface area contributed by atoms with E-state index in [4.69, 9.17) is 5.11 Å². The molecule has 0 bridgehead atoms. The standard InChI is InChI=1S/C9H6N2O2S/c12-9(13)7-3-1-6(2-4-7)8-5-10-11-14-8/h1-5H,(H,12,13). The van der Waals surface area contributed by atoms with E-state index >= 15 is 0 Å². The van der Waals surface area contributed by atoms with Gasteiger partial charge in [0.2, 0.25) is 0 Å². The molecule has 0 spiro atoms. The van der Waals surface area contributed by atoms with Crippen LogP contribution in [0.4, 0.5) is 0 Å². The van der Waals surface area contributed by atoms with Crippen molar-refractivity contribution in [2.24, 2.45) is 0 Å². The maximum atomic E-state index is 10.6. The van der Waals surface area contributed by atoms with Crippen LogP contribution >= 0.6 is 11.5 Å². The van der Waals surface area contributed by atoms with Gasteiger partial charge in [0.05, 0.1) is 16.6 Å². The third-order valence-corrected chi connectivity index (χ3v) is 2.49. The molecule has 0 aliphatic heterocycles. The van der Waals surface area contributed by atoms with E-state index in [0.717, 1.165) is 10.4 Å². The van der Waals surface area contributed by atoms with Gasteiger partial charge in [0, 0.05) is 0 Å². The van der Waals surface area contributed by atoms with E-state index < -0.39 is 5.97 Å². The van der Waals surface area contributed by atoms with Crippen LogP contribution in [0.15, 0.2) is 30.5 Å². The Morgan fingerprint density at radius 1 is 1.29 bits per heavy atom. The number of rotatable bonds is 2. The van der Waals surface area contributed by atoms with Crippen LogP contribution < -0.4 is 0 Å². The van der Waals surface area contributed by atoms with Gasteiger partial charge >= 0.3 is 5.97 Å². The van der Waals surface area contributed by atoms with Crippen LogP contribution in [0.1, 0.15) is 10.4 Å². The van der Waals surface area contributed by atoms with Crippen molar-refractivity contribution >= 4 is 17.5 Å². The number of carboxylic acid groups (broad SMARTS) is 1. The van der Waals surface area contributed by atoms with Gasteiger partial charge in [0.1, 0.15) is 0 Å². The minimum atomic E-state index is -0.918. The summed E-state index contributed by atoms with van der Waals surface area (Å²) in [4.78, 5) is 11.5. The maximum Gasteiger partial charge on any atom is 0.335 e. The van der Waals surface area contributed by atoms with E-state index in [2.05, 4.69) is 9.59 Å². The molecule has 0 unspecified atom stereocenters. The Morgan fingerprint density at radius 2 is 2.00 bits per heavy atom. The molecule has 5 heteroatoms. The molecule has 0 fully saturated rings. The quantitative estimate of drug-likeness (QED) is 0.815. The molecule has 0 amide bonds. The number of aromatic carboxylic acids is 1. The number of aromatic nitrogens is 2. The molecular weight excluding hydrogens is 200 g/mol. The van der Waals surface area contributed by atoms with E-state index in [1.165, 1.54) is 11.5 Å². The van der Waals surface area contributed by atoms with E-state index in [-0.39, 0.29) is 5.56 Å². The fraction of sp³-hybridized carbons (Fsp3) is 0. The van der Waals surface area contributed by atoms with Crippen molar-refractivity contribution in [3.8, 4) is 10.4 Å². The molecule has 0 saturated heterocycles. The Labute approximate surface area is 84.0 Å². The summed E-state index contributed by atoms with van der Waals surface area (Å²) >= 11 is 1.28. The van der Waals surface area contributed by atoms with Gasteiger partial charge in [-0.05, 0) is 29.2 Å². The Kier molecular flexibility index (Phi) is 2.24. The van der Waals surface area contributed by atoms with Crippen molar-refractivity contribution in [1.29, 1.82) is 0 Å². The lowest BCUT2D eigenvalue weighted by atomic mass is 10.1. The number of hydrogen-bond donors (Lipinski definition) is 1. The van der Waals surface area contributed by atoms with Crippen molar-refractivity contribution < 1.29 is 9.90 Å². The van der Waals surface area contributed by atoms with E-state index in [0.29, 0.717) is 0 Å². The highest BCUT2D eigenvalue weighted by molar-refractivity contribution is 7.09. The molecule has 1 heterocycles. The van der Waals surface area contributed by atoms with Crippen LogP contribution in [0.3, 0.4) is 0 Å². The zero-order valence-corrected chi connectivity index (χ0v) is 7.86. The fourth-order valence-corrected chi connectivity index (χ4v) is 1.59. The normalized spacial score (nSPS) is 10.0. The third kappa shape index (κ3) is 1.62. The molecule has 14 heavy (non-hydrogen) atoms. The minimum Gasteiger partial charge on any atom is -0.478 e. The van der Waals surface area contributed by atoms with Crippen LogP contribution in [0, 0.1) is 0 Å². The first-order chi connectivity index (χ1) is 6.77. The largest absolute Gasteiger partial charge is 0.478 e. The van der Waals surface area contributed by atoms with Gasteiger partial charge in [0.25, 0.3) is 0 Å². The van der Waals surface area contributed by atoms with Crippen LogP contribution in [-0.2, 0) is 0 Å². The third-order valence-electron chi connectivity index (χ3n) is 1.78. The maximum absolute atomic E-state index is 10.6. The number of hydrogen-bond acceptors (Lipinski definition) is 4. The molecule has 0 saturated carbocycles. The highest BCUT2D eigenvalue weighted by atomic mass is 32.1. The summed E-state index contributed by atoms with van der Waals surface area (Å²) < 4.78 is 3.73. The van der Waals surface area contributed by atoms with Gasteiger partial charge in [-0.1, -0.05) is 16.6 Å². The van der Waals surface area contributed by atoms with Crippen LogP contribution in [0.25, 0.3) is 10.4 Å². The monoisotopic (exact) mass is 206 g/mol. The van der Waals surface area contributed by atoms with Gasteiger partial charge in [-0.2, -0.15) is 0 Å². The van der Waals surface area contributed by atoms with Crippen molar-refractivity contribution in [2.75, 3.05) is 0 Å². The summed E-state index contributed by atoms with van der Waals surface area (Å²) in [5, 5.41) is 12.4. The Balaban J connectivity index is 2.36. The second kappa shape index (κ2) is 3.55. The lowest BCUT2D eigenvalue weighted by Crippen LogP contribution is -1.94. The minimum absolute atomic E-state index is 0.284. The second-order valence-corrected chi connectivity index (χ2v) is 3.45. The predicted molar refractivity (Wildman–Crippen MR) is 52.3 cm³/mol. The molecule has 0 aliphatic carbocycles. The van der Waals surface area contributed by atoms with Crippen LogP contribution in [0.2, 0.25) is 0 Å². The van der Waals surface area contributed by atoms with Gasteiger partial charge in [-0.15, -0.1) is 5.10 Å². The Bertz CT molecular complexity index is 436. The molecule has 1 N–H and O–H groups in total. The molecule has 2 rings (SSSR count). The van der Waals surface area contributed by atoms with Crippen molar-refractivity contribution in [2.45, 2.75) is 0 Å². The molecule has 0 atom stereocenters. The molecule has 1 aromatic heterocycles. The predicted octanol–water partition coefficient (Wildman–Crippen LogP) is 1.90. The molecule has 2 aromatic rings. The van der Waals surface area contributed by atoms with Crippen molar-refractivity contribution in [1.82, 2.24) is 9.59 Å². The average Bonchev–Trinajstić information content (AvgIpc) is 2.71. The Hall–Kier alpha value is -1.75. The van der Waals surface area contributed by atoms with Crippen LogP contribution in [-0.4, -0.2) is 20.7 Å². The van der Waals surface area contributed by atoms with Gasteiger partial charge < -0.3 is 5.11 Å². The van der Waals surface area contributed by atoms with Crippen LogP contribution in [0.5, 0.6) is 0 Å². The topological polar surface area (TPSA) is 63.1 Å². The summed E-state index contributed by atoms with van der Waals surface area (Å²) in [6.07, 6.45) is 1.65. The summed E-state index contributed by atoms with van der Waals surface area (Å²) in [6, 6.07) is 6.63. The zero-order valence-electron chi connectivity index (χ0n) is 7.04. The molecule has 70 valence electrons. The van der Waals surface area contributed by atoms with Crippen molar-refractivity contribution in [3.05, 3.63) is 36.0 Å². The summed E-state index contributed by atoms with van der Waals surface area (Å²) in [5.74, 6) is -0.918.